The number of nitrogen functional groups attached to an aromatic ring is 1. The van der Waals surface area contributed by atoms with E-state index in [9.17, 15) is 4.79 Å². The first-order chi connectivity index (χ1) is 7.77. The van der Waals surface area contributed by atoms with Gasteiger partial charge in [-0.3, -0.25) is 4.79 Å². The molecule has 1 amide bonds. The Labute approximate surface area is 98.4 Å². The number of hydrogen-bond acceptors (Lipinski definition) is 5. The highest BCUT2D eigenvalue weighted by Crippen LogP contribution is 2.12. The summed E-state index contributed by atoms with van der Waals surface area (Å²) < 4.78 is 0. The number of nitrogens with two attached hydrogens (primary N) is 1. The minimum absolute atomic E-state index is 0.0463. The Balaban J connectivity index is 2.08. The van der Waals surface area contributed by atoms with Crippen molar-refractivity contribution < 1.29 is 4.79 Å². The van der Waals surface area contributed by atoms with E-state index in [-0.39, 0.29) is 5.91 Å². The van der Waals surface area contributed by atoms with Crippen LogP contribution in [0.4, 0.5) is 5.82 Å². The van der Waals surface area contributed by atoms with Gasteiger partial charge in [-0.25, -0.2) is 0 Å². The van der Waals surface area contributed by atoms with Crippen LogP contribution in [0.1, 0.15) is 16.9 Å². The highest BCUT2D eigenvalue weighted by Gasteiger charge is 2.18. The molecule has 0 radical (unpaired) electrons. The molecule has 0 unspecified atom stereocenters. The minimum atomic E-state index is -0.0463. The lowest BCUT2D eigenvalue weighted by molar-refractivity contribution is 0.0761. The van der Waals surface area contributed by atoms with Crippen LogP contribution in [0.3, 0.4) is 0 Å². The fourth-order valence-corrected chi connectivity index (χ4v) is 2.45. The van der Waals surface area contributed by atoms with Crippen LogP contribution in [0, 0.1) is 0 Å². The van der Waals surface area contributed by atoms with Gasteiger partial charge in [-0.1, -0.05) is 0 Å². The summed E-state index contributed by atoms with van der Waals surface area (Å²) in [4.78, 5) is 13.9. The molecule has 2 rings (SSSR count). The first kappa shape index (κ1) is 11.2. The minimum Gasteiger partial charge on any atom is -0.382 e. The zero-order chi connectivity index (χ0) is 11.4. The van der Waals surface area contributed by atoms with Gasteiger partial charge in [0.1, 0.15) is 5.82 Å². The molecule has 0 saturated carbocycles. The number of aromatic nitrogens is 2. The van der Waals surface area contributed by atoms with Crippen LogP contribution in [-0.2, 0) is 0 Å². The zero-order valence-corrected chi connectivity index (χ0v) is 9.74. The third-order valence-electron chi connectivity index (χ3n) is 2.41. The van der Waals surface area contributed by atoms with E-state index in [2.05, 4.69) is 10.2 Å². The maximum atomic E-state index is 12.0. The molecule has 2 heterocycles. The van der Waals surface area contributed by atoms with Gasteiger partial charge in [0, 0.05) is 18.8 Å². The van der Waals surface area contributed by atoms with E-state index in [0.29, 0.717) is 11.5 Å². The third-order valence-corrected chi connectivity index (χ3v) is 3.46. The number of carbonyl (C=O) groups excluding carboxylic acids is 1. The predicted octanol–water partition coefficient (Wildman–Crippen LogP) is 0.638. The smallest absolute Gasteiger partial charge is 0.274 e. The van der Waals surface area contributed by atoms with Crippen molar-refractivity contribution >= 4 is 23.5 Å². The largest absolute Gasteiger partial charge is 0.382 e. The van der Waals surface area contributed by atoms with Crippen LogP contribution in [0.5, 0.6) is 0 Å². The lowest BCUT2D eigenvalue weighted by Crippen LogP contribution is -2.33. The Morgan fingerprint density at radius 3 is 2.94 bits per heavy atom. The van der Waals surface area contributed by atoms with Crippen molar-refractivity contribution in [2.75, 3.05) is 30.3 Å². The first-order valence-electron chi connectivity index (χ1n) is 5.23. The van der Waals surface area contributed by atoms with E-state index in [1.807, 2.05) is 16.7 Å². The Kier molecular flexibility index (Phi) is 3.61. The fraction of sp³-hybridized carbons (Fsp3) is 0.500. The van der Waals surface area contributed by atoms with Gasteiger partial charge < -0.3 is 10.6 Å². The molecule has 1 saturated heterocycles. The van der Waals surface area contributed by atoms with Crippen molar-refractivity contribution in [3.8, 4) is 0 Å². The molecule has 86 valence electrons. The quantitative estimate of drug-likeness (QED) is 0.777. The number of amides is 1. The average Bonchev–Trinajstić information content (AvgIpc) is 2.57. The third kappa shape index (κ3) is 2.63. The second-order valence-electron chi connectivity index (χ2n) is 3.60. The maximum absolute atomic E-state index is 12.0. The van der Waals surface area contributed by atoms with Crippen LogP contribution in [0.25, 0.3) is 0 Å². The molecule has 1 fully saturated rings. The number of hydrogen-bond donors (Lipinski definition) is 1. The molecule has 1 aromatic heterocycles. The van der Waals surface area contributed by atoms with Crippen LogP contribution >= 0.6 is 11.8 Å². The molecule has 2 N–H and O–H groups in total. The van der Waals surface area contributed by atoms with Crippen LogP contribution in [-0.4, -0.2) is 45.6 Å². The normalized spacial score (nSPS) is 16.9. The lowest BCUT2D eigenvalue weighted by atomic mass is 10.3. The average molecular weight is 238 g/mol. The van der Waals surface area contributed by atoms with Gasteiger partial charge in [-0.15, -0.1) is 10.2 Å². The summed E-state index contributed by atoms with van der Waals surface area (Å²) in [5.74, 6) is 2.41. The molecule has 6 heteroatoms. The summed E-state index contributed by atoms with van der Waals surface area (Å²) in [6.07, 6.45) is 1.04. The van der Waals surface area contributed by atoms with Gasteiger partial charge >= 0.3 is 0 Å². The Morgan fingerprint density at radius 2 is 2.19 bits per heavy atom. The van der Waals surface area contributed by atoms with Crippen molar-refractivity contribution in [1.29, 1.82) is 0 Å². The maximum Gasteiger partial charge on any atom is 0.274 e. The summed E-state index contributed by atoms with van der Waals surface area (Å²) in [5.41, 5.74) is 5.80. The van der Waals surface area contributed by atoms with E-state index >= 15 is 0 Å². The van der Waals surface area contributed by atoms with Gasteiger partial charge in [0.15, 0.2) is 5.69 Å². The van der Waals surface area contributed by atoms with Gasteiger partial charge in [0.2, 0.25) is 0 Å². The molecule has 0 aromatic carbocycles. The Hall–Kier alpha value is -1.30. The Morgan fingerprint density at radius 1 is 1.31 bits per heavy atom. The van der Waals surface area contributed by atoms with E-state index in [1.54, 1.807) is 12.1 Å². The topological polar surface area (TPSA) is 72.1 Å². The zero-order valence-electron chi connectivity index (χ0n) is 8.93. The molecule has 0 bridgehead atoms. The molecule has 0 aliphatic carbocycles. The lowest BCUT2D eigenvalue weighted by Gasteiger charge is -2.18. The Bertz CT molecular complexity index is 360. The van der Waals surface area contributed by atoms with Crippen molar-refractivity contribution in [3.05, 3.63) is 17.8 Å². The molecular formula is C10H14N4OS. The fourth-order valence-electron chi connectivity index (χ4n) is 1.57. The molecule has 0 spiro atoms. The molecule has 1 aliphatic rings. The summed E-state index contributed by atoms with van der Waals surface area (Å²) >= 11 is 1.88. The SMILES string of the molecule is Nc1ccc(C(=O)N2CCCSCC2)nn1. The van der Waals surface area contributed by atoms with Gasteiger partial charge in [-0.2, -0.15) is 11.8 Å². The number of thioether (sulfide) groups is 1. The standard InChI is InChI=1S/C10H14N4OS/c11-9-3-2-8(12-13-9)10(15)14-4-1-6-16-7-5-14/h2-3H,1,4-7H2,(H2,11,13). The summed E-state index contributed by atoms with van der Waals surface area (Å²) in [6.45, 7) is 1.59. The summed E-state index contributed by atoms with van der Waals surface area (Å²) in [6, 6.07) is 3.23. The summed E-state index contributed by atoms with van der Waals surface area (Å²) in [5, 5.41) is 7.50. The number of nitrogens with zero attached hydrogens (tertiary/aromatic N) is 3. The highest BCUT2D eigenvalue weighted by molar-refractivity contribution is 7.99. The van der Waals surface area contributed by atoms with Gasteiger partial charge in [0.25, 0.3) is 5.91 Å². The monoisotopic (exact) mass is 238 g/mol. The van der Waals surface area contributed by atoms with Crippen molar-refractivity contribution in [2.45, 2.75) is 6.42 Å². The number of rotatable bonds is 1. The van der Waals surface area contributed by atoms with Gasteiger partial charge in [-0.05, 0) is 24.3 Å². The number of anilines is 1. The van der Waals surface area contributed by atoms with Crippen molar-refractivity contribution in [1.82, 2.24) is 15.1 Å². The van der Waals surface area contributed by atoms with Gasteiger partial charge in [0.05, 0.1) is 0 Å². The van der Waals surface area contributed by atoms with Crippen LogP contribution < -0.4 is 5.73 Å². The van der Waals surface area contributed by atoms with E-state index in [1.165, 1.54) is 0 Å². The molecule has 0 atom stereocenters. The van der Waals surface area contributed by atoms with E-state index in [4.69, 9.17) is 5.73 Å². The first-order valence-corrected chi connectivity index (χ1v) is 6.39. The van der Waals surface area contributed by atoms with Crippen LogP contribution in [0.2, 0.25) is 0 Å². The predicted molar refractivity (Wildman–Crippen MR) is 64.3 cm³/mol. The van der Waals surface area contributed by atoms with Crippen LogP contribution in [0.15, 0.2) is 12.1 Å². The molecule has 16 heavy (non-hydrogen) atoms. The molecule has 5 nitrogen and oxygen atoms in total. The second-order valence-corrected chi connectivity index (χ2v) is 4.83. The van der Waals surface area contributed by atoms with Crippen molar-refractivity contribution in [3.63, 3.8) is 0 Å². The molecule has 1 aliphatic heterocycles. The second kappa shape index (κ2) is 5.16. The van der Waals surface area contributed by atoms with Crippen molar-refractivity contribution in [2.24, 2.45) is 0 Å². The van der Waals surface area contributed by atoms with E-state index in [0.717, 1.165) is 31.0 Å². The molecule has 1 aromatic rings. The van der Waals surface area contributed by atoms with E-state index < -0.39 is 0 Å². The highest BCUT2D eigenvalue weighted by atomic mass is 32.2. The molecular weight excluding hydrogens is 224 g/mol. The summed E-state index contributed by atoms with van der Waals surface area (Å²) in [7, 11) is 0. The number of carbonyl (C=O) groups is 1.